The van der Waals surface area contributed by atoms with E-state index in [9.17, 15) is 9.18 Å². The molecule has 1 aromatic heterocycles. The molecule has 1 rings (SSSR count). The minimum Gasteiger partial charge on any atom is -0.330 e. The van der Waals surface area contributed by atoms with Crippen LogP contribution in [0.5, 0.6) is 0 Å². The van der Waals surface area contributed by atoms with Gasteiger partial charge in [0.05, 0.1) is 17.8 Å². The molecule has 0 radical (unpaired) electrons. The van der Waals surface area contributed by atoms with Gasteiger partial charge in [0, 0.05) is 6.54 Å². The highest BCUT2D eigenvalue weighted by atomic mass is 19.1. The van der Waals surface area contributed by atoms with E-state index in [0.717, 1.165) is 0 Å². The van der Waals surface area contributed by atoms with Crippen LogP contribution in [0.1, 0.15) is 13.8 Å². The number of rotatable bonds is 4. The van der Waals surface area contributed by atoms with Crippen LogP contribution in [0.4, 0.5) is 10.1 Å². The van der Waals surface area contributed by atoms with Gasteiger partial charge in [0.1, 0.15) is 0 Å². The van der Waals surface area contributed by atoms with Crippen molar-refractivity contribution in [2.24, 2.45) is 17.6 Å². The zero-order valence-electron chi connectivity index (χ0n) is 9.40. The number of hydrogen-bond donors (Lipinski definition) is 2. The van der Waals surface area contributed by atoms with Gasteiger partial charge in [0.15, 0.2) is 0 Å². The van der Waals surface area contributed by atoms with Crippen LogP contribution >= 0.6 is 0 Å². The maximum Gasteiger partial charge on any atom is 0.229 e. The number of pyridine rings is 1. The smallest absolute Gasteiger partial charge is 0.229 e. The molecule has 0 fully saturated rings. The van der Waals surface area contributed by atoms with Crippen LogP contribution in [0.3, 0.4) is 0 Å². The lowest BCUT2D eigenvalue weighted by atomic mass is 9.95. The Labute approximate surface area is 94.1 Å². The van der Waals surface area contributed by atoms with Crippen molar-refractivity contribution in [1.82, 2.24) is 4.98 Å². The number of hydrogen-bond acceptors (Lipinski definition) is 3. The zero-order chi connectivity index (χ0) is 12.1. The molecule has 0 aliphatic carbocycles. The first-order chi connectivity index (χ1) is 7.54. The Morgan fingerprint density at radius 1 is 1.56 bits per heavy atom. The molecule has 16 heavy (non-hydrogen) atoms. The minimum atomic E-state index is -0.572. The third-order valence-corrected chi connectivity index (χ3v) is 2.39. The summed E-state index contributed by atoms with van der Waals surface area (Å²) in [5.74, 6) is -0.813. The largest absolute Gasteiger partial charge is 0.330 e. The quantitative estimate of drug-likeness (QED) is 0.761. The number of aromatic nitrogens is 1. The summed E-state index contributed by atoms with van der Waals surface area (Å²) >= 11 is 0. The maximum absolute atomic E-state index is 12.5. The summed E-state index contributed by atoms with van der Waals surface area (Å²) in [5.41, 5.74) is 5.99. The molecule has 4 nitrogen and oxygen atoms in total. The van der Waals surface area contributed by atoms with Gasteiger partial charge in [-0.05, 0) is 18.1 Å². The number of nitrogens with one attached hydrogen (secondary N) is 1. The Hall–Kier alpha value is -1.49. The number of carbonyl (C=O) groups is 1. The molecule has 1 amide bonds. The fraction of sp³-hybridized carbons (Fsp3) is 0.455. The van der Waals surface area contributed by atoms with Crippen molar-refractivity contribution < 1.29 is 9.18 Å². The molecule has 1 aromatic rings. The molecular formula is C11H16FN3O. The average molecular weight is 225 g/mol. The van der Waals surface area contributed by atoms with E-state index in [-0.39, 0.29) is 24.3 Å². The van der Waals surface area contributed by atoms with E-state index in [1.165, 1.54) is 18.3 Å². The van der Waals surface area contributed by atoms with Gasteiger partial charge in [-0.2, -0.15) is 4.39 Å². The minimum absolute atomic E-state index is 0.161. The Bertz CT molecular complexity index is 351. The van der Waals surface area contributed by atoms with Gasteiger partial charge in [-0.3, -0.25) is 4.79 Å². The zero-order valence-corrected chi connectivity index (χ0v) is 9.40. The first kappa shape index (κ1) is 12.6. The molecule has 0 aliphatic rings. The van der Waals surface area contributed by atoms with E-state index in [4.69, 9.17) is 5.73 Å². The van der Waals surface area contributed by atoms with Crippen LogP contribution in [0.15, 0.2) is 18.3 Å². The van der Waals surface area contributed by atoms with Gasteiger partial charge in [-0.25, -0.2) is 4.98 Å². The second kappa shape index (κ2) is 5.55. The molecule has 0 spiro atoms. The Kier molecular flexibility index (Phi) is 4.37. The van der Waals surface area contributed by atoms with E-state index in [2.05, 4.69) is 10.3 Å². The van der Waals surface area contributed by atoms with Crippen molar-refractivity contribution >= 4 is 11.6 Å². The van der Waals surface area contributed by atoms with Crippen molar-refractivity contribution in [1.29, 1.82) is 0 Å². The van der Waals surface area contributed by atoms with Crippen LogP contribution in [0.25, 0.3) is 0 Å². The summed E-state index contributed by atoms with van der Waals surface area (Å²) < 4.78 is 12.5. The number of carbonyl (C=O) groups excluding carboxylic acids is 1. The van der Waals surface area contributed by atoms with Gasteiger partial charge in [-0.1, -0.05) is 13.8 Å². The van der Waals surface area contributed by atoms with Gasteiger partial charge >= 0.3 is 0 Å². The SMILES string of the molecule is CC(C)C(CN)C(=O)Nc1ccc(F)nc1. The van der Waals surface area contributed by atoms with Crippen LogP contribution in [0.2, 0.25) is 0 Å². The molecule has 0 bridgehead atoms. The van der Waals surface area contributed by atoms with Gasteiger partial charge in [0.2, 0.25) is 11.9 Å². The number of halogens is 1. The first-order valence-corrected chi connectivity index (χ1v) is 5.17. The van der Waals surface area contributed by atoms with Crippen LogP contribution in [0, 0.1) is 17.8 Å². The molecule has 88 valence electrons. The van der Waals surface area contributed by atoms with Crippen LogP contribution in [-0.2, 0) is 4.79 Å². The monoisotopic (exact) mass is 225 g/mol. The predicted molar refractivity (Wildman–Crippen MR) is 60.2 cm³/mol. The topological polar surface area (TPSA) is 68.0 Å². The first-order valence-electron chi connectivity index (χ1n) is 5.17. The number of nitrogens with zero attached hydrogens (tertiary/aromatic N) is 1. The van der Waals surface area contributed by atoms with Gasteiger partial charge in [0.25, 0.3) is 0 Å². The number of nitrogens with two attached hydrogens (primary N) is 1. The van der Waals surface area contributed by atoms with Gasteiger partial charge in [-0.15, -0.1) is 0 Å². The molecule has 0 saturated carbocycles. The highest BCUT2D eigenvalue weighted by Gasteiger charge is 2.20. The Balaban J connectivity index is 2.66. The van der Waals surface area contributed by atoms with Crippen molar-refractivity contribution in [2.75, 3.05) is 11.9 Å². The summed E-state index contributed by atoms with van der Waals surface area (Å²) in [6.45, 7) is 4.15. The maximum atomic E-state index is 12.5. The molecule has 1 atom stereocenters. The highest BCUT2D eigenvalue weighted by molar-refractivity contribution is 5.92. The van der Waals surface area contributed by atoms with Crippen molar-refractivity contribution in [3.63, 3.8) is 0 Å². The van der Waals surface area contributed by atoms with E-state index in [0.29, 0.717) is 5.69 Å². The fourth-order valence-corrected chi connectivity index (χ4v) is 1.37. The number of amides is 1. The molecule has 0 aromatic carbocycles. The summed E-state index contributed by atoms with van der Waals surface area (Å²) in [6.07, 6.45) is 1.28. The Morgan fingerprint density at radius 3 is 2.69 bits per heavy atom. The van der Waals surface area contributed by atoms with E-state index >= 15 is 0 Å². The summed E-state index contributed by atoms with van der Waals surface area (Å²) in [5, 5.41) is 2.65. The van der Waals surface area contributed by atoms with Crippen LogP contribution < -0.4 is 11.1 Å². The molecule has 0 saturated heterocycles. The average Bonchev–Trinajstić information content (AvgIpc) is 2.22. The standard InChI is InChI=1S/C11H16FN3O/c1-7(2)9(5-13)11(16)15-8-3-4-10(12)14-6-8/h3-4,6-7,9H,5,13H2,1-2H3,(H,15,16). The second-order valence-electron chi connectivity index (χ2n) is 3.95. The highest BCUT2D eigenvalue weighted by Crippen LogP contribution is 2.13. The lowest BCUT2D eigenvalue weighted by molar-refractivity contribution is -0.120. The second-order valence-corrected chi connectivity index (χ2v) is 3.95. The third kappa shape index (κ3) is 3.27. The lowest BCUT2D eigenvalue weighted by Crippen LogP contribution is -2.33. The summed E-state index contributed by atoms with van der Waals surface area (Å²) in [7, 11) is 0. The van der Waals surface area contributed by atoms with E-state index < -0.39 is 5.95 Å². The van der Waals surface area contributed by atoms with Gasteiger partial charge < -0.3 is 11.1 Å². The summed E-state index contributed by atoms with van der Waals surface area (Å²) in [6, 6.07) is 2.66. The Morgan fingerprint density at radius 2 is 2.25 bits per heavy atom. The predicted octanol–water partition coefficient (Wildman–Crippen LogP) is 1.39. The molecule has 3 N–H and O–H groups in total. The molecule has 1 heterocycles. The third-order valence-electron chi connectivity index (χ3n) is 2.39. The molecule has 0 aliphatic heterocycles. The normalized spacial score (nSPS) is 12.6. The van der Waals surface area contributed by atoms with Crippen molar-refractivity contribution in [2.45, 2.75) is 13.8 Å². The van der Waals surface area contributed by atoms with E-state index in [1.54, 1.807) is 0 Å². The fourth-order valence-electron chi connectivity index (χ4n) is 1.37. The van der Waals surface area contributed by atoms with Crippen molar-refractivity contribution in [3.8, 4) is 0 Å². The molecule has 1 unspecified atom stereocenters. The van der Waals surface area contributed by atoms with Crippen LogP contribution in [-0.4, -0.2) is 17.4 Å². The lowest BCUT2D eigenvalue weighted by Gasteiger charge is -2.17. The molecule has 5 heteroatoms. The van der Waals surface area contributed by atoms with E-state index in [1.807, 2.05) is 13.8 Å². The summed E-state index contributed by atoms with van der Waals surface area (Å²) in [4.78, 5) is 15.2. The molecular weight excluding hydrogens is 209 g/mol. The van der Waals surface area contributed by atoms with Crippen molar-refractivity contribution in [3.05, 3.63) is 24.3 Å². The number of anilines is 1.